The molecule has 0 bridgehead atoms. The zero-order valence-electron chi connectivity index (χ0n) is 18.2. The molecule has 0 aliphatic carbocycles. The van der Waals surface area contributed by atoms with Crippen molar-refractivity contribution in [2.75, 3.05) is 10.6 Å². The Balaban J connectivity index is 1.31. The van der Waals surface area contributed by atoms with Crippen LogP contribution in [-0.4, -0.2) is 21.8 Å². The molecule has 2 amide bonds. The molecular formula is C27H18Cl2N4O2. The van der Waals surface area contributed by atoms with E-state index in [4.69, 9.17) is 23.2 Å². The largest absolute Gasteiger partial charge is 0.338 e. The Hall–Kier alpha value is -4.13. The van der Waals surface area contributed by atoms with Crippen molar-refractivity contribution < 1.29 is 9.59 Å². The maximum atomic E-state index is 12.6. The van der Waals surface area contributed by atoms with Crippen molar-refractivity contribution in [3.05, 3.63) is 112 Å². The molecule has 5 rings (SSSR count). The van der Waals surface area contributed by atoms with E-state index in [2.05, 4.69) is 20.6 Å². The highest BCUT2D eigenvalue weighted by atomic mass is 35.5. The van der Waals surface area contributed by atoms with Crippen LogP contribution in [0.25, 0.3) is 22.4 Å². The van der Waals surface area contributed by atoms with E-state index in [9.17, 15) is 9.59 Å². The van der Waals surface area contributed by atoms with E-state index < -0.39 is 0 Å². The predicted octanol–water partition coefficient (Wildman–Crippen LogP) is 7.04. The van der Waals surface area contributed by atoms with E-state index in [1.807, 2.05) is 54.6 Å². The van der Waals surface area contributed by atoms with Gasteiger partial charge in [0.15, 0.2) is 0 Å². The lowest BCUT2D eigenvalue weighted by atomic mass is 10.1. The van der Waals surface area contributed by atoms with Crippen LogP contribution in [0, 0.1) is 0 Å². The normalized spacial score (nSPS) is 10.8. The lowest BCUT2D eigenvalue weighted by Gasteiger charge is -2.07. The van der Waals surface area contributed by atoms with Crippen LogP contribution in [0.2, 0.25) is 10.0 Å². The molecule has 0 radical (unpaired) electrons. The molecule has 0 spiro atoms. The number of rotatable bonds is 5. The molecule has 0 atom stereocenters. The van der Waals surface area contributed by atoms with Crippen molar-refractivity contribution >= 4 is 57.4 Å². The number of benzene rings is 4. The van der Waals surface area contributed by atoms with Crippen LogP contribution < -0.4 is 10.6 Å². The third-order valence-electron chi connectivity index (χ3n) is 5.37. The van der Waals surface area contributed by atoms with Gasteiger partial charge in [0.25, 0.3) is 11.8 Å². The SMILES string of the molecule is O=C(Nc1ccc(-c2nc3ccc(NC(=O)c4ccc(Cl)cc4Cl)cc3[nH]2)cc1)c1ccccc1. The third kappa shape index (κ3) is 5.04. The molecule has 0 saturated heterocycles. The Morgan fingerprint density at radius 3 is 2.20 bits per heavy atom. The van der Waals surface area contributed by atoms with Gasteiger partial charge < -0.3 is 15.6 Å². The van der Waals surface area contributed by atoms with Gasteiger partial charge in [-0.3, -0.25) is 9.59 Å². The van der Waals surface area contributed by atoms with Gasteiger partial charge in [-0.25, -0.2) is 4.98 Å². The van der Waals surface area contributed by atoms with Crippen molar-refractivity contribution in [2.45, 2.75) is 0 Å². The minimum absolute atomic E-state index is 0.170. The summed E-state index contributed by atoms with van der Waals surface area (Å²) >= 11 is 12.1. The number of nitrogens with one attached hydrogen (secondary N) is 3. The van der Waals surface area contributed by atoms with E-state index in [0.29, 0.717) is 33.3 Å². The number of aromatic nitrogens is 2. The summed E-state index contributed by atoms with van der Waals surface area (Å²) in [7, 11) is 0. The fourth-order valence-electron chi connectivity index (χ4n) is 3.60. The number of amides is 2. The van der Waals surface area contributed by atoms with Gasteiger partial charge >= 0.3 is 0 Å². The van der Waals surface area contributed by atoms with Gasteiger partial charge in [-0.2, -0.15) is 0 Å². The number of H-pyrrole nitrogens is 1. The molecule has 3 N–H and O–H groups in total. The van der Waals surface area contributed by atoms with Crippen LogP contribution in [0.15, 0.2) is 91.0 Å². The van der Waals surface area contributed by atoms with Crippen LogP contribution in [0.1, 0.15) is 20.7 Å². The first kappa shape index (κ1) is 22.7. The number of hydrogen-bond acceptors (Lipinski definition) is 3. The summed E-state index contributed by atoms with van der Waals surface area (Å²) in [6.45, 7) is 0. The first-order valence-electron chi connectivity index (χ1n) is 10.7. The molecule has 4 aromatic carbocycles. The second-order valence-electron chi connectivity index (χ2n) is 7.79. The highest BCUT2D eigenvalue weighted by molar-refractivity contribution is 6.37. The van der Waals surface area contributed by atoms with Crippen molar-refractivity contribution in [2.24, 2.45) is 0 Å². The Morgan fingerprint density at radius 1 is 0.743 bits per heavy atom. The Kier molecular flexibility index (Phi) is 6.23. The molecule has 1 heterocycles. The highest BCUT2D eigenvalue weighted by Gasteiger charge is 2.13. The van der Waals surface area contributed by atoms with Crippen molar-refractivity contribution in [1.29, 1.82) is 0 Å². The summed E-state index contributed by atoms with van der Waals surface area (Å²) in [4.78, 5) is 32.9. The van der Waals surface area contributed by atoms with Gasteiger partial charge in [0.05, 0.1) is 21.6 Å². The lowest BCUT2D eigenvalue weighted by molar-refractivity contribution is 0.101. The fraction of sp³-hybridized carbons (Fsp3) is 0. The van der Waals surface area contributed by atoms with Gasteiger partial charge in [-0.05, 0) is 72.8 Å². The van der Waals surface area contributed by atoms with E-state index >= 15 is 0 Å². The number of aromatic amines is 1. The monoisotopic (exact) mass is 500 g/mol. The van der Waals surface area contributed by atoms with Crippen LogP contribution in [-0.2, 0) is 0 Å². The number of imidazole rings is 1. The zero-order valence-corrected chi connectivity index (χ0v) is 19.7. The van der Waals surface area contributed by atoms with E-state index in [0.717, 1.165) is 16.6 Å². The van der Waals surface area contributed by atoms with Crippen molar-refractivity contribution in [3.63, 3.8) is 0 Å². The van der Waals surface area contributed by atoms with E-state index in [1.165, 1.54) is 6.07 Å². The fourth-order valence-corrected chi connectivity index (χ4v) is 4.09. The second-order valence-corrected chi connectivity index (χ2v) is 8.64. The molecule has 8 heteroatoms. The molecular weight excluding hydrogens is 483 g/mol. The van der Waals surface area contributed by atoms with Gasteiger partial charge in [0.2, 0.25) is 0 Å². The lowest BCUT2D eigenvalue weighted by Crippen LogP contribution is -2.12. The summed E-state index contributed by atoms with van der Waals surface area (Å²) in [5.74, 6) is 0.167. The molecule has 6 nitrogen and oxygen atoms in total. The number of anilines is 2. The molecule has 5 aromatic rings. The Labute approximate surface area is 210 Å². The summed E-state index contributed by atoms with van der Waals surface area (Å²) in [5, 5.41) is 6.47. The number of hydrogen-bond donors (Lipinski definition) is 3. The quantitative estimate of drug-likeness (QED) is 0.241. The standard InChI is InChI=1S/C27H18Cl2N4O2/c28-18-8-12-21(22(29)14-18)27(35)31-20-11-13-23-24(15-20)33-25(32-23)16-6-9-19(10-7-16)30-26(34)17-4-2-1-3-5-17/h1-15H,(H,30,34)(H,31,35)(H,32,33). The second kappa shape index (κ2) is 9.62. The molecule has 172 valence electrons. The minimum atomic E-state index is -0.334. The predicted molar refractivity (Wildman–Crippen MR) is 140 cm³/mol. The van der Waals surface area contributed by atoms with E-state index in [1.54, 1.807) is 30.3 Å². The summed E-state index contributed by atoms with van der Waals surface area (Å²) < 4.78 is 0. The smallest absolute Gasteiger partial charge is 0.257 e. The van der Waals surface area contributed by atoms with Gasteiger partial charge in [-0.15, -0.1) is 0 Å². The van der Waals surface area contributed by atoms with Gasteiger partial charge in [-0.1, -0.05) is 41.4 Å². The Bertz CT molecular complexity index is 1550. The number of carbonyl (C=O) groups is 2. The average molecular weight is 501 g/mol. The molecule has 0 saturated carbocycles. The van der Waals surface area contributed by atoms with Crippen LogP contribution >= 0.6 is 23.2 Å². The van der Waals surface area contributed by atoms with Crippen molar-refractivity contribution in [1.82, 2.24) is 9.97 Å². The minimum Gasteiger partial charge on any atom is -0.338 e. The Morgan fingerprint density at radius 2 is 1.46 bits per heavy atom. The first-order valence-corrected chi connectivity index (χ1v) is 11.4. The third-order valence-corrected chi connectivity index (χ3v) is 5.92. The summed E-state index contributed by atoms with van der Waals surface area (Å²) in [6, 6.07) is 26.6. The molecule has 1 aromatic heterocycles. The number of nitrogens with zero attached hydrogens (tertiary/aromatic N) is 1. The maximum absolute atomic E-state index is 12.6. The molecule has 0 aliphatic rings. The number of carbonyl (C=O) groups excluding carboxylic acids is 2. The molecule has 0 unspecified atom stereocenters. The van der Waals surface area contributed by atoms with Crippen LogP contribution in [0.4, 0.5) is 11.4 Å². The van der Waals surface area contributed by atoms with Gasteiger partial charge in [0, 0.05) is 27.5 Å². The van der Waals surface area contributed by atoms with Crippen molar-refractivity contribution in [3.8, 4) is 11.4 Å². The van der Waals surface area contributed by atoms with Gasteiger partial charge in [0.1, 0.15) is 5.82 Å². The highest BCUT2D eigenvalue weighted by Crippen LogP contribution is 2.26. The molecule has 0 aliphatic heterocycles. The topological polar surface area (TPSA) is 86.9 Å². The first-order chi connectivity index (χ1) is 17.0. The average Bonchev–Trinajstić information content (AvgIpc) is 3.28. The maximum Gasteiger partial charge on any atom is 0.257 e. The summed E-state index contributed by atoms with van der Waals surface area (Å²) in [5.41, 5.74) is 4.59. The zero-order chi connectivity index (χ0) is 24.4. The van der Waals surface area contributed by atoms with Crippen LogP contribution in [0.3, 0.4) is 0 Å². The number of fused-ring (bicyclic) bond motifs is 1. The molecule has 35 heavy (non-hydrogen) atoms. The summed E-state index contributed by atoms with van der Waals surface area (Å²) in [6.07, 6.45) is 0. The van der Waals surface area contributed by atoms with E-state index in [-0.39, 0.29) is 16.8 Å². The number of halogens is 2. The van der Waals surface area contributed by atoms with Crippen LogP contribution in [0.5, 0.6) is 0 Å². The molecule has 0 fully saturated rings.